The molecule has 11 heteroatoms. The topological polar surface area (TPSA) is 174 Å². The number of benzene rings is 1. The molecular formula is C30H39N3O8. The fourth-order valence-corrected chi connectivity index (χ4v) is 7.32. The van der Waals surface area contributed by atoms with Crippen molar-refractivity contribution in [2.24, 2.45) is 23.5 Å². The monoisotopic (exact) mass is 569 g/mol. The van der Waals surface area contributed by atoms with Crippen molar-refractivity contribution in [1.29, 1.82) is 0 Å². The van der Waals surface area contributed by atoms with Crippen LogP contribution in [0, 0.1) is 17.8 Å². The molecule has 41 heavy (non-hydrogen) atoms. The van der Waals surface area contributed by atoms with Gasteiger partial charge in [-0.25, -0.2) is 0 Å². The van der Waals surface area contributed by atoms with Crippen molar-refractivity contribution in [3.63, 3.8) is 0 Å². The molecule has 4 aliphatic rings. The molecule has 1 aromatic rings. The van der Waals surface area contributed by atoms with Gasteiger partial charge in [0.05, 0.1) is 18.7 Å². The largest absolute Gasteiger partial charge is 0.510 e. The molecule has 0 unspecified atom stereocenters. The molecule has 1 aromatic carbocycles. The van der Waals surface area contributed by atoms with E-state index in [1.54, 1.807) is 14.1 Å². The van der Waals surface area contributed by atoms with Gasteiger partial charge in [-0.1, -0.05) is 13.3 Å². The minimum absolute atomic E-state index is 0.0304. The molecule has 4 aliphatic carbocycles. The van der Waals surface area contributed by atoms with E-state index in [0.29, 0.717) is 23.8 Å². The quantitative estimate of drug-likeness (QED) is 0.290. The molecule has 0 spiro atoms. The number of rotatable bonds is 8. The molecular weight excluding hydrogens is 530 g/mol. The van der Waals surface area contributed by atoms with E-state index in [1.807, 2.05) is 0 Å². The Labute approximate surface area is 238 Å². The van der Waals surface area contributed by atoms with Crippen molar-refractivity contribution in [2.45, 2.75) is 57.2 Å². The van der Waals surface area contributed by atoms with Crippen molar-refractivity contribution >= 4 is 17.5 Å². The molecule has 0 aromatic heterocycles. The summed E-state index contributed by atoms with van der Waals surface area (Å²) in [4.78, 5) is 43.3. The zero-order valence-corrected chi connectivity index (χ0v) is 23.9. The Balaban J connectivity index is 1.61. The van der Waals surface area contributed by atoms with Crippen LogP contribution >= 0.6 is 0 Å². The van der Waals surface area contributed by atoms with Crippen LogP contribution in [0.15, 0.2) is 28.7 Å². The summed E-state index contributed by atoms with van der Waals surface area (Å²) in [5, 5.41) is 45.2. The van der Waals surface area contributed by atoms with Crippen LogP contribution < -0.4 is 10.5 Å². The fraction of sp³-hybridized carbons (Fsp3) is 0.567. The Morgan fingerprint density at radius 3 is 2.41 bits per heavy atom. The number of hydrogen-bond acceptors (Lipinski definition) is 10. The Morgan fingerprint density at radius 1 is 1.20 bits per heavy atom. The molecule has 0 bridgehead atoms. The van der Waals surface area contributed by atoms with E-state index in [2.05, 4.69) is 11.8 Å². The number of ether oxygens (including phenoxy) is 1. The number of allylic oxidation sites excluding steroid dienone is 1. The number of Topliss-reactive ketones (excluding diaryl/α,β-unsaturated/α-hetero) is 2. The number of carbonyl (C=O) groups is 3. The van der Waals surface area contributed by atoms with Crippen LogP contribution in [0.2, 0.25) is 0 Å². The Bertz CT molecular complexity index is 1380. The number of carbonyl (C=O) groups excluding carboxylic acids is 3. The number of phenolic OH excluding ortho intramolecular Hbond substituents is 1. The summed E-state index contributed by atoms with van der Waals surface area (Å²) >= 11 is 0. The van der Waals surface area contributed by atoms with E-state index >= 15 is 0 Å². The Morgan fingerprint density at radius 2 is 1.88 bits per heavy atom. The van der Waals surface area contributed by atoms with Gasteiger partial charge in [0.15, 0.2) is 11.4 Å². The third-order valence-electron chi connectivity index (χ3n) is 9.54. The predicted molar refractivity (Wildman–Crippen MR) is 149 cm³/mol. The number of ketones is 2. The zero-order chi connectivity index (χ0) is 30.0. The minimum atomic E-state index is -2.66. The maximum atomic E-state index is 13.9. The van der Waals surface area contributed by atoms with Crippen molar-refractivity contribution in [2.75, 3.05) is 34.3 Å². The lowest BCUT2D eigenvalue weighted by Crippen LogP contribution is -2.63. The summed E-state index contributed by atoms with van der Waals surface area (Å²) in [5.41, 5.74) is 2.91. The fourth-order valence-electron chi connectivity index (χ4n) is 7.32. The average molecular weight is 570 g/mol. The normalized spacial score (nSPS) is 28.0. The number of likely N-dealkylation sites (N-methyl/N-ethyl adjacent to an activating group) is 1. The van der Waals surface area contributed by atoms with Crippen LogP contribution in [0.1, 0.15) is 54.1 Å². The van der Waals surface area contributed by atoms with E-state index < -0.39 is 58.0 Å². The minimum Gasteiger partial charge on any atom is -0.510 e. The lowest BCUT2D eigenvalue weighted by Gasteiger charge is -2.50. The zero-order valence-electron chi connectivity index (χ0n) is 23.9. The second-order valence-corrected chi connectivity index (χ2v) is 12.0. The molecule has 0 heterocycles. The van der Waals surface area contributed by atoms with Crippen molar-refractivity contribution in [3.05, 3.63) is 45.4 Å². The van der Waals surface area contributed by atoms with Gasteiger partial charge < -0.3 is 30.9 Å². The number of nitrogens with zero attached hydrogens (tertiary/aromatic N) is 2. The van der Waals surface area contributed by atoms with Gasteiger partial charge in [0.25, 0.3) is 5.91 Å². The number of nitrogens with two attached hydrogens (primary N) is 1. The van der Waals surface area contributed by atoms with Gasteiger partial charge in [0, 0.05) is 35.7 Å². The standard InChI is InChI=1S/C30H39N3O8/c1-5-33(12-14-7-6-8-14)13-16-11-19(34)21-17(26(16)41-4)9-15-10-18-23(32(2)3)25(36)22(29(31)39)28(38)30(18,40)27(37)20(15)24(21)35/h11,14-15,18,23,34,36-37,40H,5-10,12-13H2,1-4H3,(H2,31,39)/t15-,18-,23-,30-/m0/s1. The maximum Gasteiger partial charge on any atom is 0.255 e. The van der Waals surface area contributed by atoms with Crippen LogP contribution in [-0.2, 0) is 22.6 Å². The molecule has 0 radical (unpaired) electrons. The second kappa shape index (κ2) is 10.5. The highest BCUT2D eigenvalue weighted by Crippen LogP contribution is 2.53. The first-order valence-corrected chi connectivity index (χ1v) is 14.1. The van der Waals surface area contributed by atoms with Crippen molar-refractivity contribution < 1.29 is 39.5 Å². The first-order valence-electron chi connectivity index (χ1n) is 14.1. The molecule has 222 valence electrons. The highest BCUT2D eigenvalue weighted by molar-refractivity contribution is 6.24. The first-order chi connectivity index (χ1) is 19.4. The van der Waals surface area contributed by atoms with Crippen LogP contribution in [0.3, 0.4) is 0 Å². The van der Waals surface area contributed by atoms with Gasteiger partial charge in [-0.15, -0.1) is 0 Å². The number of amides is 1. The summed E-state index contributed by atoms with van der Waals surface area (Å²) in [6, 6.07) is 0.475. The summed E-state index contributed by atoms with van der Waals surface area (Å²) in [5.74, 6) is -5.56. The second-order valence-electron chi connectivity index (χ2n) is 12.0. The highest BCUT2D eigenvalue weighted by atomic mass is 16.5. The molecule has 0 saturated heterocycles. The van der Waals surface area contributed by atoms with E-state index in [9.17, 15) is 34.8 Å². The number of aliphatic hydroxyl groups is 3. The summed E-state index contributed by atoms with van der Waals surface area (Å²) in [6.07, 6.45) is 3.86. The number of primary amides is 1. The lowest BCUT2D eigenvalue weighted by molar-refractivity contribution is -0.148. The smallest absolute Gasteiger partial charge is 0.255 e. The van der Waals surface area contributed by atoms with E-state index in [0.717, 1.165) is 18.7 Å². The van der Waals surface area contributed by atoms with E-state index in [4.69, 9.17) is 10.5 Å². The highest BCUT2D eigenvalue weighted by Gasteiger charge is 2.63. The van der Waals surface area contributed by atoms with Gasteiger partial charge in [0.2, 0.25) is 5.78 Å². The Kier molecular flexibility index (Phi) is 7.42. The van der Waals surface area contributed by atoms with Gasteiger partial charge in [-0.05, 0) is 64.2 Å². The third-order valence-corrected chi connectivity index (χ3v) is 9.54. The molecule has 1 fully saturated rings. The number of phenols is 1. The molecule has 0 aliphatic heterocycles. The SMILES string of the molecule is CCN(Cc1cc(O)c2c(c1OC)C[C@H]1C[C@H]3[C@H](N(C)C)C(O)=C(C(N)=O)C(=O)[C@@]3(O)C(O)=C1C2=O)CC1CCC1. The van der Waals surface area contributed by atoms with Crippen molar-refractivity contribution in [1.82, 2.24) is 9.80 Å². The molecule has 1 amide bonds. The number of hydrogen-bond donors (Lipinski definition) is 5. The molecule has 1 saturated carbocycles. The van der Waals surface area contributed by atoms with Gasteiger partial charge >= 0.3 is 0 Å². The number of aromatic hydroxyl groups is 1. The Hall–Kier alpha value is -3.41. The van der Waals surface area contributed by atoms with Gasteiger partial charge in [0.1, 0.15) is 28.6 Å². The predicted octanol–water partition coefficient (Wildman–Crippen LogP) is 1.75. The maximum absolute atomic E-state index is 13.9. The molecule has 11 nitrogen and oxygen atoms in total. The summed E-state index contributed by atoms with van der Waals surface area (Å²) in [7, 11) is 4.72. The van der Waals surface area contributed by atoms with Gasteiger partial charge in [-0.3, -0.25) is 24.2 Å². The molecule has 6 N–H and O–H groups in total. The van der Waals surface area contributed by atoms with Gasteiger partial charge in [-0.2, -0.15) is 0 Å². The average Bonchev–Trinajstić information content (AvgIpc) is 2.87. The molecule has 5 rings (SSSR count). The number of methoxy groups -OCH3 is 1. The number of fused-ring (bicyclic) bond motifs is 3. The van der Waals surface area contributed by atoms with E-state index in [1.165, 1.54) is 37.3 Å². The van der Waals surface area contributed by atoms with E-state index in [-0.39, 0.29) is 29.7 Å². The lowest BCUT2D eigenvalue weighted by atomic mass is 9.58. The summed E-state index contributed by atoms with van der Waals surface area (Å²) < 4.78 is 5.83. The number of aliphatic hydroxyl groups excluding tert-OH is 2. The van der Waals surface area contributed by atoms with Crippen LogP contribution in [0.4, 0.5) is 0 Å². The molecule has 4 atom stereocenters. The van der Waals surface area contributed by atoms with Crippen LogP contribution in [-0.4, -0.2) is 93.6 Å². The third kappa shape index (κ3) is 4.33. The van der Waals surface area contributed by atoms with Crippen LogP contribution in [0.5, 0.6) is 11.5 Å². The summed E-state index contributed by atoms with van der Waals surface area (Å²) in [6.45, 7) is 4.35. The van der Waals surface area contributed by atoms with Crippen LogP contribution in [0.25, 0.3) is 0 Å². The van der Waals surface area contributed by atoms with Crippen molar-refractivity contribution in [3.8, 4) is 11.5 Å². The first kappa shape index (κ1) is 29.1.